The highest BCUT2D eigenvalue weighted by molar-refractivity contribution is 6.39. The van der Waals surface area contributed by atoms with E-state index in [-0.39, 0.29) is 48.8 Å². The van der Waals surface area contributed by atoms with Crippen LogP contribution in [0.3, 0.4) is 0 Å². The van der Waals surface area contributed by atoms with Gasteiger partial charge in [-0.1, -0.05) is 75.8 Å². The van der Waals surface area contributed by atoms with Gasteiger partial charge in [0.15, 0.2) is 0 Å². The lowest BCUT2D eigenvalue weighted by Crippen LogP contribution is -2.64. The molecule has 1 saturated carbocycles. The number of esters is 1. The zero-order valence-electron chi connectivity index (χ0n) is 38.1. The number of ether oxygens (including phenoxy) is 5. The molecule has 4 aliphatic rings. The maximum atomic E-state index is 14.5. The van der Waals surface area contributed by atoms with Crippen molar-refractivity contribution in [3.05, 3.63) is 59.2 Å². The average molecular weight is 852 g/mol. The van der Waals surface area contributed by atoms with Gasteiger partial charge in [0, 0.05) is 46.1 Å². The van der Waals surface area contributed by atoms with Crippen LogP contribution < -0.4 is 0 Å². The summed E-state index contributed by atoms with van der Waals surface area (Å²) < 4.78 is 30.4. The number of piperidine rings is 1. The Morgan fingerprint density at radius 2 is 1.61 bits per heavy atom. The molecule has 2 bridgehead atoms. The Balaban J connectivity index is 1.49. The van der Waals surface area contributed by atoms with E-state index in [4.69, 9.17) is 23.7 Å². The molecule has 1 aromatic carbocycles. The van der Waals surface area contributed by atoms with E-state index in [9.17, 15) is 29.4 Å². The number of rotatable bonds is 7. The molecule has 13 atom stereocenters. The maximum Gasteiger partial charge on any atom is 0.329 e. The Bertz CT molecular complexity index is 1730. The van der Waals surface area contributed by atoms with Crippen LogP contribution in [-0.2, 0) is 48.5 Å². The van der Waals surface area contributed by atoms with Crippen molar-refractivity contribution in [2.24, 2.45) is 29.6 Å². The predicted molar refractivity (Wildman–Crippen MR) is 231 cm³/mol. The topological polar surface area (TPSA) is 158 Å². The standard InChI is InChI=1S/C49H73NO11/c1-10-36-25-30(2)24-31(3)26-40(57-7)44-41(58-8)28-34(6)49(56,61-44)45(52)46(53)50-23-15-14-18-38(50)47(54)60-43(32(4)19-20-39(36)51)33(5)27-35-21-22-48(55,42(29-35)59-9)37-16-12-11-13-17-37/h11-13,16-17,25,27,31-32,34-36,38,40-44,55-56H,10,14-15,18-24,26,28-29H2,1-9H3. The first-order valence-electron chi connectivity index (χ1n) is 22.7. The van der Waals surface area contributed by atoms with Crippen LogP contribution in [0.2, 0.25) is 0 Å². The average Bonchev–Trinajstić information content (AvgIpc) is 3.26. The number of Topliss-reactive ketones (excluding diaryl/α,β-unsaturated/α-hetero) is 2. The minimum atomic E-state index is -2.48. The van der Waals surface area contributed by atoms with Crippen molar-refractivity contribution in [1.82, 2.24) is 4.90 Å². The SMILES string of the molecule is CCC1C=C(C)CC(C)CC(OC)C2OC(O)(C(=O)C(=O)N3CCCCC3C(=O)OC(C(C)=CC3CCC(O)(c4ccccc4)C(OC)C3)C(C)CCC1=O)C(C)CC2OC. The van der Waals surface area contributed by atoms with Crippen LogP contribution in [0.1, 0.15) is 124 Å². The number of carbonyl (C=O) groups is 4. The van der Waals surface area contributed by atoms with Gasteiger partial charge in [-0.25, -0.2) is 4.79 Å². The highest BCUT2D eigenvalue weighted by atomic mass is 16.7. The molecule has 1 amide bonds. The van der Waals surface area contributed by atoms with Gasteiger partial charge >= 0.3 is 5.97 Å². The number of cyclic esters (lactones) is 1. The molecule has 12 nitrogen and oxygen atoms in total. The van der Waals surface area contributed by atoms with Crippen LogP contribution in [0, 0.1) is 29.6 Å². The number of aliphatic hydroxyl groups is 2. The summed E-state index contributed by atoms with van der Waals surface area (Å²) in [4.78, 5) is 58.2. The summed E-state index contributed by atoms with van der Waals surface area (Å²) in [5.74, 6) is -6.37. The summed E-state index contributed by atoms with van der Waals surface area (Å²) in [5.41, 5.74) is 1.54. The third kappa shape index (κ3) is 11.1. The van der Waals surface area contributed by atoms with E-state index in [1.54, 1.807) is 28.3 Å². The van der Waals surface area contributed by atoms with Crippen LogP contribution in [0.25, 0.3) is 0 Å². The number of methoxy groups -OCH3 is 3. The number of benzene rings is 1. The molecule has 3 aliphatic heterocycles. The highest BCUT2D eigenvalue weighted by Crippen LogP contribution is 2.43. The summed E-state index contributed by atoms with van der Waals surface area (Å²) >= 11 is 0. The molecule has 0 aromatic heterocycles. The fraction of sp³-hybridized carbons (Fsp3) is 0.714. The first-order chi connectivity index (χ1) is 29.0. The fourth-order valence-electron chi connectivity index (χ4n) is 10.5. The summed E-state index contributed by atoms with van der Waals surface area (Å²) in [5, 5.41) is 23.9. The Labute approximate surface area is 363 Å². The van der Waals surface area contributed by atoms with Crippen molar-refractivity contribution in [2.75, 3.05) is 27.9 Å². The van der Waals surface area contributed by atoms with Crippen LogP contribution in [-0.4, -0.2) is 109 Å². The molecular weight excluding hydrogens is 779 g/mol. The van der Waals surface area contributed by atoms with Gasteiger partial charge in [0.1, 0.15) is 29.6 Å². The number of carbonyl (C=O) groups excluding carboxylic acids is 4. The Morgan fingerprint density at radius 1 is 0.918 bits per heavy atom. The van der Waals surface area contributed by atoms with Gasteiger partial charge in [-0.05, 0) is 113 Å². The Kier molecular flexibility index (Phi) is 17.1. The third-order valence-electron chi connectivity index (χ3n) is 14.2. The molecule has 2 N–H and O–H groups in total. The molecule has 5 rings (SSSR count). The molecule has 61 heavy (non-hydrogen) atoms. The van der Waals surface area contributed by atoms with Crippen LogP contribution in [0.4, 0.5) is 0 Å². The van der Waals surface area contributed by atoms with Gasteiger partial charge in [-0.15, -0.1) is 0 Å². The molecular formula is C49H73NO11. The molecule has 0 radical (unpaired) electrons. The van der Waals surface area contributed by atoms with Gasteiger partial charge in [-0.2, -0.15) is 0 Å². The van der Waals surface area contributed by atoms with E-state index >= 15 is 0 Å². The molecule has 3 fully saturated rings. The number of allylic oxidation sites excluding steroid dienone is 3. The van der Waals surface area contributed by atoms with Crippen molar-refractivity contribution in [2.45, 2.75) is 167 Å². The lowest BCUT2D eigenvalue weighted by atomic mass is 9.72. The number of fused-ring (bicyclic) bond motifs is 3. The molecule has 0 spiro atoms. The van der Waals surface area contributed by atoms with Crippen molar-refractivity contribution >= 4 is 23.4 Å². The molecule has 2 saturated heterocycles. The summed E-state index contributed by atoms with van der Waals surface area (Å²) in [6, 6.07) is 8.51. The van der Waals surface area contributed by atoms with Crippen molar-refractivity contribution < 1.29 is 53.1 Å². The van der Waals surface area contributed by atoms with Gasteiger partial charge < -0.3 is 38.8 Å². The maximum absolute atomic E-state index is 14.5. The first kappa shape index (κ1) is 48.8. The number of hydrogen-bond donors (Lipinski definition) is 2. The third-order valence-corrected chi connectivity index (χ3v) is 14.2. The quantitative estimate of drug-likeness (QED) is 0.165. The second-order valence-corrected chi connectivity index (χ2v) is 18.7. The van der Waals surface area contributed by atoms with E-state index in [0.29, 0.717) is 64.2 Å². The molecule has 12 heteroatoms. The van der Waals surface area contributed by atoms with Crippen LogP contribution >= 0.6 is 0 Å². The second kappa shape index (κ2) is 21.4. The van der Waals surface area contributed by atoms with Gasteiger partial charge in [-0.3, -0.25) is 14.4 Å². The minimum absolute atomic E-state index is 0.00873. The number of nitrogens with zero attached hydrogens (tertiary/aromatic N) is 1. The fourth-order valence-corrected chi connectivity index (χ4v) is 10.5. The van der Waals surface area contributed by atoms with Crippen LogP contribution in [0.5, 0.6) is 0 Å². The number of amides is 1. The molecule has 340 valence electrons. The predicted octanol–water partition coefficient (Wildman–Crippen LogP) is 7.03. The number of hydrogen-bond acceptors (Lipinski definition) is 11. The zero-order valence-corrected chi connectivity index (χ0v) is 38.1. The second-order valence-electron chi connectivity index (χ2n) is 18.7. The van der Waals surface area contributed by atoms with Gasteiger partial charge in [0.05, 0.1) is 18.3 Å². The molecule has 1 aliphatic carbocycles. The largest absolute Gasteiger partial charge is 0.456 e. The van der Waals surface area contributed by atoms with E-state index < -0.39 is 71.5 Å². The van der Waals surface area contributed by atoms with Crippen molar-refractivity contribution in [3.63, 3.8) is 0 Å². The lowest BCUT2D eigenvalue weighted by molar-refractivity contribution is -0.302. The van der Waals surface area contributed by atoms with E-state index in [1.165, 1.54) is 4.90 Å². The first-order valence-corrected chi connectivity index (χ1v) is 22.7. The molecule has 3 heterocycles. The van der Waals surface area contributed by atoms with Crippen molar-refractivity contribution in [1.29, 1.82) is 0 Å². The van der Waals surface area contributed by atoms with Gasteiger partial charge in [0.2, 0.25) is 5.79 Å². The molecule has 13 unspecified atom stereocenters. The lowest BCUT2D eigenvalue weighted by Gasteiger charge is -2.47. The highest BCUT2D eigenvalue weighted by Gasteiger charge is 2.56. The van der Waals surface area contributed by atoms with E-state index in [1.807, 2.05) is 58.0 Å². The summed E-state index contributed by atoms with van der Waals surface area (Å²) in [7, 11) is 4.72. The van der Waals surface area contributed by atoms with Gasteiger partial charge in [0.25, 0.3) is 11.7 Å². The summed E-state index contributed by atoms with van der Waals surface area (Å²) in [6.45, 7) is 11.8. The van der Waals surface area contributed by atoms with E-state index in [2.05, 4.69) is 19.1 Å². The Morgan fingerprint density at radius 3 is 2.26 bits per heavy atom. The monoisotopic (exact) mass is 852 g/mol. The van der Waals surface area contributed by atoms with Crippen molar-refractivity contribution in [3.8, 4) is 0 Å². The summed E-state index contributed by atoms with van der Waals surface area (Å²) in [6.07, 6.45) is 7.04. The number of ketones is 2. The smallest absolute Gasteiger partial charge is 0.329 e. The minimum Gasteiger partial charge on any atom is -0.456 e. The molecule has 1 aromatic rings. The normalized spacial score (nSPS) is 38.2. The Hall–Kier alpha value is -3.26. The van der Waals surface area contributed by atoms with Crippen LogP contribution in [0.15, 0.2) is 53.6 Å². The van der Waals surface area contributed by atoms with E-state index in [0.717, 1.165) is 16.7 Å². The zero-order chi connectivity index (χ0) is 44.6.